The topological polar surface area (TPSA) is 100 Å². The first kappa shape index (κ1) is 13.9. The maximum Gasteiger partial charge on any atom is 0.322 e. The molecule has 1 fully saturated rings. The third-order valence-corrected chi connectivity index (χ3v) is 3.53. The van der Waals surface area contributed by atoms with E-state index in [4.69, 9.17) is 4.42 Å². The van der Waals surface area contributed by atoms with Crippen LogP contribution in [0, 0.1) is 0 Å². The quantitative estimate of drug-likeness (QED) is 0.749. The molecule has 4 amide bonds. The first-order valence-electron chi connectivity index (χ1n) is 6.57. The van der Waals surface area contributed by atoms with Crippen molar-refractivity contribution in [1.29, 1.82) is 0 Å². The van der Waals surface area contributed by atoms with Gasteiger partial charge in [-0.2, -0.15) is 0 Å². The van der Waals surface area contributed by atoms with Crippen molar-refractivity contribution in [2.24, 2.45) is 0 Å². The molecule has 0 aliphatic carbocycles. The van der Waals surface area contributed by atoms with E-state index in [2.05, 4.69) is 16.0 Å². The molecule has 7 heteroatoms. The first-order chi connectivity index (χ1) is 10.5. The van der Waals surface area contributed by atoms with Crippen molar-refractivity contribution in [3.63, 3.8) is 0 Å². The Morgan fingerprint density at radius 3 is 2.73 bits per heavy atom. The lowest BCUT2D eigenvalue weighted by molar-refractivity contribution is -0.123. The van der Waals surface area contributed by atoms with Crippen molar-refractivity contribution in [1.82, 2.24) is 10.6 Å². The third-order valence-electron chi connectivity index (χ3n) is 3.53. The van der Waals surface area contributed by atoms with Crippen LogP contribution >= 0.6 is 0 Å². The molecule has 112 valence electrons. The summed E-state index contributed by atoms with van der Waals surface area (Å²) in [7, 11) is 0. The van der Waals surface area contributed by atoms with Crippen LogP contribution < -0.4 is 16.0 Å². The standard InChI is InChI=1S/C15H13N3O4/c1-15(13(20)17-14(21)18-15)10-3-2-4-11(7-10)16-12(19)9-5-6-22-8-9/h2-8H,1H3,(H,16,19)(H2,17,18,20,21). The van der Waals surface area contributed by atoms with Gasteiger partial charge in [-0.05, 0) is 30.7 Å². The lowest BCUT2D eigenvalue weighted by Gasteiger charge is -2.21. The average Bonchev–Trinajstić information content (AvgIpc) is 3.09. The highest BCUT2D eigenvalue weighted by molar-refractivity contribution is 6.07. The van der Waals surface area contributed by atoms with E-state index in [-0.39, 0.29) is 5.91 Å². The Kier molecular flexibility index (Phi) is 3.17. The van der Waals surface area contributed by atoms with Crippen LogP contribution in [-0.2, 0) is 10.3 Å². The van der Waals surface area contributed by atoms with E-state index in [0.29, 0.717) is 16.8 Å². The van der Waals surface area contributed by atoms with Crippen molar-refractivity contribution >= 4 is 23.5 Å². The van der Waals surface area contributed by atoms with Gasteiger partial charge in [0.15, 0.2) is 0 Å². The predicted octanol–water partition coefficient (Wildman–Crippen LogP) is 1.59. The number of anilines is 1. The van der Waals surface area contributed by atoms with Crippen LogP contribution in [0.3, 0.4) is 0 Å². The van der Waals surface area contributed by atoms with E-state index in [1.54, 1.807) is 37.3 Å². The molecule has 0 bridgehead atoms. The summed E-state index contributed by atoms with van der Waals surface area (Å²) in [6, 6.07) is 7.75. The second-order valence-electron chi connectivity index (χ2n) is 5.08. The highest BCUT2D eigenvalue weighted by atomic mass is 16.3. The zero-order chi connectivity index (χ0) is 15.7. The molecule has 1 saturated heterocycles. The number of carbonyl (C=O) groups is 3. The Labute approximate surface area is 125 Å². The number of hydrogen-bond donors (Lipinski definition) is 3. The van der Waals surface area contributed by atoms with Gasteiger partial charge in [-0.15, -0.1) is 0 Å². The van der Waals surface area contributed by atoms with Crippen LogP contribution in [0.25, 0.3) is 0 Å². The minimum atomic E-state index is -1.16. The summed E-state index contributed by atoms with van der Waals surface area (Å²) >= 11 is 0. The van der Waals surface area contributed by atoms with Gasteiger partial charge in [0.05, 0.1) is 11.8 Å². The Morgan fingerprint density at radius 1 is 1.27 bits per heavy atom. The number of furan rings is 1. The largest absolute Gasteiger partial charge is 0.472 e. The van der Waals surface area contributed by atoms with Crippen molar-refractivity contribution in [3.8, 4) is 0 Å². The monoisotopic (exact) mass is 299 g/mol. The summed E-state index contributed by atoms with van der Waals surface area (Å²) in [6.45, 7) is 1.60. The number of nitrogens with one attached hydrogen (secondary N) is 3. The molecule has 1 aliphatic heterocycles. The number of imide groups is 1. The van der Waals surface area contributed by atoms with Crippen molar-refractivity contribution < 1.29 is 18.8 Å². The van der Waals surface area contributed by atoms with Gasteiger partial charge in [-0.1, -0.05) is 12.1 Å². The van der Waals surface area contributed by atoms with E-state index in [9.17, 15) is 14.4 Å². The Bertz CT molecular complexity index is 754. The van der Waals surface area contributed by atoms with Crippen LogP contribution in [0.1, 0.15) is 22.8 Å². The molecule has 1 atom stereocenters. The smallest absolute Gasteiger partial charge is 0.322 e. The number of benzene rings is 1. The SMILES string of the molecule is CC1(c2cccc(NC(=O)c3ccoc3)c2)NC(=O)NC1=O. The maximum atomic E-state index is 12.0. The summed E-state index contributed by atoms with van der Waals surface area (Å²) < 4.78 is 4.86. The molecule has 1 aromatic carbocycles. The van der Waals surface area contributed by atoms with Crippen molar-refractivity contribution in [3.05, 3.63) is 54.0 Å². The molecular formula is C15H13N3O4. The summed E-state index contributed by atoms with van der Waals surface area (Å²) in [6.07, 6.45) is 2.75. The average molecular weight is 299 g/mol. The molecule has 1 aliphatic rings. The van der Waals surface area contributed by atoms with Crippen LogP contribution in [0.4, 0.5) is 10.5 Å². The lowest BCUT2D eigenvalue weighted by atomic mass is 9.92. The van der Waals surface area contributed by atoms with Gasteiger partial charge >= 0.3 is 6.03 Å². The van der Waals surface area contributed by atoms with Crippen LogP contribution in [0.5, 0.6) is 0 Å². The van der Waals surface area contributed by atoms with Crippen LogP contribution in [0.15, 0.2) is 47.3 Å². The molecule has 2 aromatic rings. The van der Waals surface area contributed by atoms with E-state index >= 15 is 0 Å². The summed E-state index contributed by atoms with van der Waals surface area (Å²) in [4.78, 5) is 35.3. The first-order valence-corrected chi connectivity index (χ1v) is 6.57. The molecule has 22 heavy (non-hydrogen) atoms. The fourth-order valence-electron chi connectivity index (χ4n) is 2.25. The number of hydrogen-bond acceptors (Lipinski definition) is 4. The zero-order valence-electron chi connectivity index (χ0n) is 11.7. The minimum Gasteiger partial charge on any atom is -0.472 e. The molecule has 0 spiro atoms. The van der Waals surface area contributed by atoms with E-state index in [0.717, 1.165) is 0 Å². The number of rotatable bonds is 3. The van der Waals surface area contributed by atoms with Gasteiger partial charge in [0.25, 0.3) is 11.8 Å². The number of amides is 4. The third kappa shape index (κ3) is 2.32. The Balaban J connectivity index is 1.86. The fourth-order valence-corrected chi connectivity index (χ4v) is 2.25. The molecule has 0 radical (unpaired) electrons. The van der Waals surface area contributed by atoms with E-state index < -0.39 is 17.5 Å². The highest BCUT2D eigenvalue weighted by Crippen LogP contribution is 2.26. The predicted molar refractivity (Wildman–Crippen MR) is 77.1 cm³/mol. The Hall–Kier alpha value is -3.09. The molecule has 3 N–H and O–H groups in total. The van der Waals surface area contributed by atoms with Gasteiger partial charge < -0.3 is 15.1 Å². The molecule has 1 unspecified atom stereocenters. The molecule has 2 heterocycles. The van der Waals surface area contributed by atoms with Crippen molar-refractivity contribution in [2.75, 3.05) is 5.32 Å². The summed E-state index contributed by atoms with van der Waals surface area (Å²) in [5.74, 6) is -0.758. The number of urea groups is 1. The second-order valence-corrected chi connectivity index (χ2v) is 5.08. The summed E-state index contributed by atoms with van der Waals surface area (Å²) in [5.41, 5.74) is 0.316. The molecule has 7 nitrogen and oxygen atoms in total. The lowest BCUT2D eigenvalue weighted by Crippen LogP contribution is -2.40. The molecule has 1 aromatic heterocycles. The second kappa shape index (κ2) is 5.03. The maximum absolute atomic E-state index is 12.0. The van der Waals surface area contributed by atoms with Crippen molar-refractivity contribution in [2.45, 2.75) is 12.5 Å². The van der Waals surface area contributed by atoms with Gasteiger partial charge in [-0.25, -0.2) is 4.79 Å². The van der Waals surface area contributed by atoms with Gasteiger partial charge in [0.2, 0.25) is 0 Å². The highest BCUT2D eigenvalue weighted by Gasteiger charge is 2.43. The minimum absolute atomic E-state index is 0.323. The van der Waals surface area contributed by atoms with E-state index in [1.165, 1.54) is 12.5 Å². The molecular weight excluding hydrogens is 286 g/mol. The fraction of sp³-hybridized carbons (Fsp3) is 0.133. The number of carbonyl (C=O) groups excluding carboxylic acids is 3. The van der Waals surface area contributed by atoms with Crippen LogP contribution in [0.2, 0.25) is 0 Å². The summed E-state index contributed by atoms with van der Waals surface area (Å²) in [5, 5.41) is 7.48. The zero-order valence-corrected chi connectivity index (χ0v) is 11.7. The van der Waals surface area contributed by atoms with Gasteiger partial charge in [-0.3, -0.25) is 14.9 Å². The molecule has 0 saturated carbocycles. The van der Waals surface area contributed by atoms with Crippen LogP contribution in [-0.4, -0.2) is 17.8 Å². The molecule has 3 rings (SSSR count). The Morgan fingerprint density at radius 2 is 2.09 bits per heavy atom. The van der Waals surface area contributed by atoms with E-state index in [1.807, 2.05) is 0 Å². The van der Waals surface area contributed by atoms with Gasteiger partial charge in [0.1, 0.15) is 11.8 Å². The normalized spacial score (nSPS) is 20.4. The van der Waals surface area contributed by atoms with Gasteiger partial charge in [0, 0.05) is 5.69 Å².